The second-order valence-electron chi connectivity index (χ2n) is 4.08. The van der Waals surface area contributed by atoms with Crippen molar-refractivity contribution in [3.63, 3.8) is 0 Å². The van der Waals surface area contributed by atoms with Crippen molar-refractivity contribution in [1.29, 1.82) is 0 Å². The average Bonchev–Trinajstić information content (AvgIpc) is 2.38. The van der Waals surface area contributed by atoms with Gasteiger partial charge >= 0.3 is 0 Å². The third kappa shape index (κ3) is 1.86. The highest BCUT2D eigenvalue weighted by molar-refractivity contribution is 5.64. The number of hydrogen-bond donors (Lipinski definition) is 0. The lowest BCUT2D eigenvalue weighted by Gasteiger charge is -2.30. The van der Waals surface area contributed by atoms with Gasteiger partial charge in [-0.1, -0.05) is 18.2 Å². The molecule has 0 N–H and O–H groups in total. The fraction of sp³-hybridized carbons (Fsp3) is 0.231. The molecular weight excluding hydrogens is 217 g/mol. The molecule has 3 nitrogen and oxygen atoms in total. The molecule has 2 aromatic rings. The first-order valence-corrected chi connectivity index (χ1v) is 5.67. The van der Waals surface area contributed by atoms with Gasteiger partial charge in [-0.15, -0.1) is 0 Å². The Morgan fingerprint density at radius 2 is 2.06 bits per heavy atom. The first kappa shape index (κ1) is 10.2. The molecule has 0 amide bonds. The van der Waals surface area contributed by atoms with E-state index in [0.29, 0.717) is 5.82 Å². The highest BCUT2D eigenvalue weighted by Gasteiger charge is 2.18. The lowest BCUT2D eigenvalue weighted by molar-refractivity contribution is 0.578. The summed E-state index contributed by atoms with van der Waals surface area (Å²) in [4.78, 5) is 9.67. The van der Waals surface area contributed by atoms with Crippen LogP contribution in [0.3, 0.4) is 0 Å². The molecule has 1 aromatic heterocycles. The number of aryl methyl sites for hydroxylation is 1. The molecule has 0 saturated carbocycles. The van der Waals surface area contributed by atoms with Crippen LogP contribution in [-0.4, -0.2) is 16.5 Å². The van der Waals surface area contributed by atoms with Crippen LogP contribution in [0.2, 0.25) is 0 Å². The number of hydrogen-bond acceptors (Lipinski definition) is 3. The Balaban J connectivity index is 2.06. The maximum Gasteiger partial charge on any atom is 0.218 e. The number of para-hydroxylation sites is 1. The minimum atomic E-state index is -0.488. The lowest BCUT2D eigenvalue weighted by Crippen LogP contribution is -2.25. The van der Waals surface area contributed by atoms with Crippen LogP contribution in [0.25, 0.3) is 0 Å². The topological polar surface area (TPSA) is 29.0 Å². The van der Waals surface area contributed by atoms with Gasteiger partial charge in [-0.3, -0.25) is 0 Å². The molecule has 1 aromatic carbocycles. The molecule has 0 fully saturated rings. The normalized spacial score (nSPS) is 14.5. The van der Waals surface area contributed by atoms with Crippen LogP contribution in [-0.2, 0) is 6.42 Å². The van der Waals surface area contributed by atoms with Crippen molar-refractivity contribution < 1.29 is 4.39 Å². The van der Waals surface area contributed by atoms with Crippen molar-refractivity contribution in [1.82, 2.24) is 9.97 Å². The van der Waals surface area contributed by atoms with Crippen molar-refractivity contribution in [2.24, 2.45) is 0 Å². The average molecular weight is 229 g/mol. The van der Waals surface area contributed by atoms with Gasteiger partial charge < -0.3 is 4.90 Å². The smallest absolute Gasteiger partial charge is 0.218 e. The maximum absolute atomic E-state index is 13.1. The number of aromatic nitrogens is 2. The van der Waals surface area contributed by atoms with E-state index >= 15 is 0 Å². The minimum Gasteiger partial charge on any atom is -0.326 e. The van der Waals surface area contributed by atoms with Gasteiger partial charge in [-0.25, -0.2) is 9.97 Å². The summed E-state index contributed by atoms with van der Waals surface area (Å²) in [6.07, 6.45) is 3.39. The van der Waals surface area contributed by atoms with Crippen LogP contribution in [0.4, 0.5) is 15.9 Å². The second kappa shape index (κ2) is 4.13. The standard InChI is InChI=1S/C13H12FN3/c14-12-8-13(16-9-15-12)17-7-3-5-10-4-1-2-6-11(10)17/h1-2,4,6,8-9H,3,5,7H2. The zero-order chi connectivity index (χ0) is 11.7. The lowest BCUT2D eigenvalue weighted by atomic mass is 10.0. The van der Waals surface area contributed by atoms with Crippen LogP contribution >= 0.6 is 0 Å². The molecular formula is C13H12FN3. The van der Waals surface area contributed by atoms with E-state index in [9.17, 15) is 4.39 Å². The molecule has 1 aliphatic heterocycles. The number of rotatable bonds is 1. The van der Waals surface area contributed by atoms with Gasteiger partial charge in [0.15, 0.2) is 0 Å². The molecule has 2 heterocycles. The van der Waals surface area contributed by atoms with Crippen LogP contribution < -0.4 is 4.90 Å². The summed E-state index contributed by atoms with van der Waals surface area (Å²) in [7, 11) is 0. The SMILES string of the molecule is Fc1cc(N2CCCc3ccccc32)ncn1. The zero-order valence-corrected chi connectivity index (χ0v) is 9.31. The van der Waals surface area contributed by atoms with Gasteiger partial charge in [0.05, 0.1) is 0 Å². The Morgan fingerprint density at radius 1 is 1.18 bits per heavy atom. The molecule has 1 aliphatic rings. The molecule has 3 rings (SSSR count). The van der Waals surface area contributed by atoms with Crippen molar-refractivity contribution >= 4 is 11.5 Å². The Kier molecular flexibility index (Phi) is 2.48. The summed E-state index contributed by atoms with van der Waals surface area (Å²) in [6.45, 7) is 0.869. The highest BCUT2D eigenvalue weighted by atomic mass is 19.1. The van der Waals surface area contributed by atoms with E-state index < -0.39 is 5.95 Å². The summed E-state index contributed by atoms with van der Waals surface area (Å²) in [5.74, 6) is 0.141. The molecule has 0 saturated heterocycles. The quantitative estimate of drug-likeness (QED) is 0.704. The molecule has 0 bridgehead atoms. The Hall–Kier alpha value is -1.97. The van der Waals surface area contributed by atoms with Crippen molar-refractivity contribution in [2.75, 3.05) is 11.4 Å². The Labute approximate surface area is 98.9 Å². The fourth-order valence-electron chi connectivity index (χ4n) is 2.24. The number of benzene rings is 1. The van der Waals surface area contributed by atoms with E-state index in [2.05, 4.69) is 22.1 Å². The van der Waals surface area contributed by atoms with Gasteiger partial charge in [0.25, 0.3) is 0 Å². The van der Waals surface area contributed by atoms with Gasteiger partial charge in [-0.05, 0) is 24.5 Å². The molecule has 17 heavy (non-hydrogen) atoms. The van der Waals surface area contributed by atoms with Crippen LogP contribution in [0.1, 0.15) is 12.0 Å². The van der Waals surface area contributed by atoms with Crippen molar-refractivity contribution in [3.8, 4) is 0 Å². The minimum absolute atomic E-state index is 0.488. The third-order valence-electron chi connectivity index (χ3n) is 3.01. The van der Waals surface area contributed by atoms with Gasteiger partial charge in [0, 0.05) is 18.3 Å². The number of fused-ring (bicyclic) bond motifs is 1. The monoisotopic (exact) mass is 229 g/mol. The van der Waals surface area contributed by atoms with Gasteiger partial charge in [-0.2, -0.15) is 4.39 Å². The number of anilines is 2. The maximum atomic E-state index is 13.1. The summed E-state index contributed by atoms with van der Waals surface area (Å²) < 4.78 is 13.1. The van der Waals surface area contributed by atoms with E-state index in [1.165, 1.54) is 18.0 Å². The zero-order valence-electron chi connectivity index (χ0n) is 9.31. The Bertz CT molecular complexity index is 542. The van der Waals surface area contributed by atoms with E-state index in [0.717, 1.165) is 25.1 Å². The predicted octanol–water partition coefficient (Wildman–Crippen LogP) is 2.70. The van der Waals surface area contributed by atoms with E-state index in [-0.39, 0.29) is 0 Å². The number of halogens is 1. The predicted molar refractivity (Wildman–Crippen MR) is 63.8 cm³/mol. The third-order valence-corrected chi connectivity index (χ3v) is 3.01. The molecule has 0 unspecified atom stereocenters. The fourth-order valence-corrected chi connectivity index (χ4v) is 2.24. The molecule has 86 valence electrons. The molecule has 0 atom stereocenters. The summed E-state index contributed by atoms with van der Waals surface area (Å²) in [6, 6.07) is 9.56. The van der Waals surface area contributed by atoms with Crippen LogP contribution in [0.15, 0.2) is 36.7 Å². The van der Waals surface area contributed by atoms with Crippen LogP contribution in [0.5, 0.6) is 0 Å². The van der Waals surface area contributed by atoms with Crippen molar-refractivity contribution in [3.05, 3.63) is 48.2 Å². The number of nitrogens with zero attached hydrogens (tertiary/aromatic N) is 3. The molecule has 0 radical (unpaired) electrons. The summed E-state index contributed by atoms with van der Waals surface area (Å²) in [5, 5.41) is 0. The molecule has 4 heteroatoms. The largest absolute Gasteiger partial charge is 0.326 e. The molecule has 0 spiro atoms. The molecule has 0 aliphatic carbocycles. The van der Waals surface area contributed by atoms with E-state index in [1.54, 1.807) is 0 Å². The van der Waals surface area contributed by atoms with E-state index in [1.807, 2.05) is 17.0 Å². The Morgan fingerprint density at radius 3 is 2.94 bits per heavy atom. The van der Waals surface area contributed by atoms with Gasteiger partial charge in [0.2, 0.25) is 5.95 Å². The van der Waals surface area contributed by atoms with Crippen molar-refractivity contribution in [2.45, 2.75) is 12.8 Å². The van der Waals surface area contributed by atoms with Gasteiger partial charge in [0.1, 0.15) is 12.1 Å². The highest BCUT2D eigenvalue weighted by Crippen LogP contribution is 2.31. The second-order valence-corrected chi connectivity index (χ2v) is 4.08. The van der Waals surface area contributed by atoms with E-state index in [4.69, 9.17) is 0 Å². The first-order valence-electron chi connectivity index (χ1n) is 5.67. The summed E-state index contributed by atoms with van der Waals surface area (Å²) >= 11 is 0. The summed E-state index contributed by atoms with van der Waals surface area (Å²) in [5.41, 5.74) is 2.41. The first-order chi connectivity index (χ1) is 8.34. The van der Waals surface area contributed by atoms with Crippen LogP contribution in [0, 0.1) is 5.95 Å².